The second-order valence-corrected chi connectivity index (χ2v) is 4.96. The average Bonchev–Trinajstić information content (AvgIpc) is 2.46. The van der Waals surface area contributed by atoms with Crippen LogP contribution in [0.2, 0.25) is 0 Å². The SMILES string of the molecule is Cc1cc(CNC(=O)COc2ccc(C)c(C)c2)ncn1. The van der Waals surface area contributed by atoms with Crippen LogP contribution in [0.15, 0.2) is 30.6 Å². The molecule has 0 unspecified atom stereocenters. The molecule has 0 aliphatic heterocycles. The molecule has 110 valence electrons. The summed E-state index contributed by atoms with van der Waals surface area (Å²) < 4.78 is 5.47. The summed E-state index contributed by atoms with van der Waals surface area (Å²) in [5.74, 6) is 0.524. The van der Waals surface area contributed by atoms with Crippen LogP contribution in [0, 0.1) is 20.8 Å². The molecule has 0 bridgehead atoms. The maximum Gasteiger partial charge on any atom is 0.258 e. The minimum absolute atomic E-state index is 0.00737. The quantitative estimate of drug-likeness (QED) is 0.913. The fraction of sp³-hybridized carbons (Fsp3) is 0.312. The number of nitrogens with zero attached hydrogens (tertiary/aromatic N) is 2. The van der Waals surface area contributed by atoms with Gasteiger partial charge in [0.15, 0.2) is 6.61 Å². The molecule has 0 atom stereocenters. The summed E-state index contributed by atoms with van der Waals surface area (Å²) in [6, 6.07) is 7.61. The van der Waals surface area contributed by atoms with Crippen LogP contribution in [-0.2, 0) is 11.3 Å². The van der Waals surface area contributed by atoms with Gasteiger partial charge in [-0.1, -0.05) is 6.07 Å². The number of carbonyl (C=O) groups is 1. The molecule has 0 saturated heterocycles. The number of aromatic nitrogens is 2. The van der Waals surface area contributed by atoms with Gasteiger partial charge in [0.25, 0.3) is 5.91 Å². The zero-order chi connectivity index (χ0) is 15.2. The molecule has 5 nitrogen and oxygen atoms in total. The Morgan fingerprint density at radius 3 is 2.67 bits per heavy atom. The molecule has 1 N–H and O–H groups in total. The Morgan fingerprint density at radius 2 is 1.95 bits per heavy atom. The van der Waals surface area contributed by atoms with E-state index in [1.807, 2.05) is 45.0 Å². The van der Waals surface area contributed by atoms with Crippen molar-refractivity contribution in [3.05, 3.63) is 53.1 Å². The molecule has 2 rings (SSSR count). The fourth-order valence-corrected chi connectivity index (χ4v) is 1.80. The molecule has 21 heavy (non-hydrogen) atoms. The second-order valence-electron chi connectivity index (χ2n) is 4.96. The van der Waals surface area contributed by atoms with Crippen molar-refractivity contribution in [2.24, 2.45) is 0 Å². The molecule has 1 aromatic heterocycles. The van der Waals surface area contributed by atoms with Crippen LogP contribution in [0.3, 0.4) is 0 Å². The Hall–Kier alpha value is -2.43. The van der Waals surface area contributed by atoms with Crippen LogP contribution in [0.25, 0.3) is 0 Å². The van der Waals surface area contributed by atoms with Gasteiger partial charge in [-0.25, -0.2) is 9.97 Å². The number of hydrogen-bond acceptors (Lipinski definition) is 4. The van der Waals surface area contributed by atoms with E-state index in [1.54, 1.807) is 0 Å². The molecule has 0 saturated carbocycles. The van der Waals surface area contributed by atoms with Crippen LogP contribution in [0.5, 0.6) is 5.75 Å². The lowest BCUT2D eigenvalue weighted by atomic mass is 10.1. The fourth-order valence-electron chi connectivity index (χ4n) is 1.80. The van der Waals surface area contributed by atoms with E-state index >= 15 is 0 Å². The third-order valence-electron chi connectivity index (χ3n) is 3.18. The lowest BCUT2D eigenvalue weighted by Crippen LogP contribution is -2.28. The standard InChI is InChI=1S/C16H19N3O2/c1-11-4-5-15(6-12(11)2)21-9-16(20)17-8-14-7-13(3)18-10-19-14/h4-7,10H,8-9H2,1-3H3,(H,17,20). The molecule has 0 fully saturated rings. The molecule has 0 aliphatic carbocycles. The highest BCUT2D eigenvalue weighted by Gasteiger charge is 2.04. The second kappa shape index (κ2) is 6.83. The van der Waals surface area contributed by atoms with Gasteiger partial charge in [0, 0.05) is 5.69 Å². The van der Waals surface area contributed by atoms with Crippen molar-refractivity contribution < 1.29 is 9.53 Å². The molecule has 1 heterocycles. The van der Waals surface area contributed by atoms with E-state index < -0.39 is 0 Å². The number of rotatable bonds is 5. The topological polar surface area (TPSA) is 64.1 Å². The number of benzene rings is 1. The molecule has 5 heteroatoms. The van der Waals surface area contributed by atoms with E-state index in [2.05, 4.69) is 15.3 Å². The highest BCUT2D eigenvalue weighted by atomic mass is 16.5. The van der Waals surface area contributed by atoms with E-state index in [9.17, 15) is 4.79 Å². The monoisotopic (exact) mass is 285 g/mol. The molecular formula is C16H19N3O2. The van der Waals surface area contributed by atoms with E-state index in [-0.39, 0.29) is 12.5 Å². The number of hydrogen-bond donors (Lipinski definition) is 1. The van der Waals surface area contributed by atoms with Crippen molar-refractivity contribution in [2.75, 3.05) is 6.61 Å². The van der Waals surface area contributed by atoms with E-state index in [4.69, 9.17) is 4.74 Å². The van der Waals surface area contributed by atoms with Crippen molar-refractivity contribution in [2.45, 2.75) is 27.3 Å². The van der Waals surface area contributed by atoms with E-state index in [0.717, 1.165) is 17.0 Å². The molecule has 0 aliphatic rings. The van der Waals surface area contributed by atoms with Crippen LogP contribution >= 0.6 is 0 Å². The lowest BCUT2D eigenvalue weighted by molar-refractivity contribution is -0.123. The largest absolute Gasteiger partial charge is 0.484 e. The van der Waals surface area contributed by atoms with Gasteiger partial charge in [0.1, 0.15) is 12.1 Å². The Bertz CT molecular complexity index is 641. The van der Waals surface area contributed by atoms with Gasteiger partial charge < -0.3 is 10.1 Å². The predicted octanol–water partition coefficient (Wildman–Crippen LogP) is 2.10. The molecular weight excluding hydrogens is 266 g/mol. The number of aryl methyl sites for hydroxylation is 3. The highest BCUT2D eigenvalue weighted by molar-refractivity contribution is 5.77. The third kappa shape index (κ3) is 4.56. The Labute approximate surface area is 124 Å². The Morgan fingerprint density at radius 1 is 1.14 bits per heavy atom. The highest BCUT2D eigenvalue weighted by Crippen LogP contribution is 2.16. The maximum atomic E-state index is 11.7. The molecule has 0 spiro atoms. The smallest absolute Gasteiger partial charge is 0.258 e. The van der Waals surface area contributed by atoms with E-state index in [0.29, 0.717) is 12.3 Å². The first kappa shape index (κ1) is 15.0. The summed E-state index contributed by atoms with van der Waals surface area (Å²) in [6.45, 7) is 6.30. The first-order valence-electron chi connectivity index (χ1n) is 6.79. The minimum Gasteiger partial charge on any atom is -0.484 e. The maximum absolute atomic E-state index is 11.7. The van der Waals surface area contributed by atoms with Crippen LogP contribution < -0.4 is 10.1 Å². The van der Waals surface area contributed by atoms with Crippen molar-refractivity contribution in [3.63, 3.8) is 0 Å². The summed E-state index contributed by atoms with van der Waals surface area (Å²) in [7, 11) is 0. The third-order valence-corrected chi connectivity index (χ3v) is 3.18. The Kier molecular flexibility index (Phi) is 4.87. The Balaban J connectivity index is 1.80. The van der Waals surface area contributed by atoms with Crippen molar-refractivity contribution >= 4 is 5.91 Å². The molecule has 2 aromatic rings. The number of carbonyl (C=O) groups excluding carboxylic acids is 1. The molecule has 1 amide bonds. The van der Waals surface area contributed by atoms with Gasteiger partial charge in [-0.2, -0.15) is 0 Å². The summed E-state index contributed by atoms with van der Waals surface area (Å²) >= 11 is 0. The van der Waals surface area contributed by atoms with Gasteiger partial charge in [-0.05, 0) is 50.1 Å². The first-order valence-corrected chi connectivity index (χ1v) is 6.79. The lowest BCUT2D eigenvalue weighted by Gasteiger charge is -2.09. The van der Waals surface area contributed by atoms with Crippen LogP contribution in [0.4, 0.5) is 0 Å². The van der Waals surface area contributed by atoms with Crippen LogP contribution in [0.1, 0.15) is 22.5 Å². The normalized spacial score (nSPS) is 10.2. The zero-order valence-electron chi connectivity index (χ0n) is 12.5. The summed E-state index contributed by atoms with van der Waals surface area (Å²) in [4.78, 5) is 19.8. The van der Waals surface area contributed by atoms with Crippen molar-refractivity contribution in [3.8, 4) is 5.75 Å². The van der Waals surface area contributed by atoms with Gasteiger partial charge in [0.05, 0.1) is 12.2 Å². The van der Waals surface area contributed by atoms with Gasteiger partial charge in [0.2, 0.25) is 0 Å². The van der Waals surface area contributed by atoms with Crippen LogP contribution in [-0.4, -0.2) is 22.5 Å². The molecule has 1 aromatic carbocycles. The number of nitrogens with one attached hydrogen (secondary N) is 1. The summed E-state index contributed by atoms with van der Waals surface area (Å²) in [6.07, 6.45) is 1.49. The minimum atomic E-state index is -0.176. The van der Waals surface area contributed by atoms with Gasteiger partial charge >= 0.3 is 0 Å². The van der Waals surface area contributed by atoms with Gasteiger partial charge in [-0.15, -0.1) is 0 Å². The average molecular weight is 285 g/mol. The summed E-state index contributed by atoms with van der Waals surface area (Å²) in [5.41, 5.74) is 4.00. The predicted molar refractivity (Wildman–Crippen MR) is 80.0 cm³/mol. The summed E-state index contributed by atoms with van der Waals surface area (Å²) in [5, 5.41) is 2.77. The van der Waals surface area contributed by atoms with Crippen molar-refractivity contribution in [1.82, 2.24) is 15.3 Å². The first-order chi connectivity index (χ1) is 10.0. The van der Waals surface area contributed by atoms with Gasteiger partial charge in [-0.3, -0.25) is 4.79 Å². The number of ether oxygens (including phenoxy) is 1. The number of amides is 1. The van der Waals surface area contributed by atoms with E-state index in [1.165, 1.54) is 11.9 Å². The molecule has 0 radical (unpaired) electrons. The van der Waals surface area contributed by atoms with Crippen molar-refractivity contribution in [1.29, 1.82) is 0 Å². The zero-order valence-corrected chi connectivity index (χ0v) is 12.5.